The Hall–Kier alpha value is -2.89. The van der Waals surface area contributed by atoms with Crippen LogP contribution in [0.1, 0.15) is 53.1 Å². The number of benzene rings is 1. The van der Waals surface area contributed by atoms with Gasteiger partial charge in [0, 0.05) is 12.2 Å². The number of rotatable bonds is 4. The van der Waals surface area contributed by atoms with Crippen LogP contribution in [-0.4, -0.2) is 34.1 Å². The SMILES string of the molecule is CCOc1ccc(C2CCCN2C(=O)c2cc(C)nc3onc(C)c23)cc1. The van der Waals surface area contributed by atoms with Crippen molar-refractivity contribution in [2.24, 2.45) is 0 Å². The van der Waals surface area contributed by atoms with Crippen molar-refractivity contribution in [3.05, 3.63) is 52.8 Å². The Morgan fingerprint density at radius 1 is 1.30 bits per heavy atom. The van der Waals surface area contributed by atoms with Crippen LogP contribution in [0.3, 0.4) is 0 Å². The van der Waals surface area contributed by atoms with E-state index >= 15 is 0 Å². The van der Waals surface area contributed by atoms with Gasteiger partial charge < -0.3 is 14.2 Å². The maximum atomic E-state index is 13.4. The van der Waals surface area contributed by atoms with Crippen LogP contribution in [0.15, 0.2) is 34.9 Å². The van der Waals surface area contributed by atoms with E-state index in [2.05, 4.69) is 22.3 Å². The zero-order chi connectivity index (χ0) is 19.0. The lowest BCUT2D eigenvalue weighted by Gasteiger charge is -2.25. The van der Waals surface area contributed by atoms with E-state index in [1.54, 1.807) is 0 Å². The van der Waals surface area contributed by atoms with Crippen LogP contribution in [0.25, 0.3) is 11.1 Å². The molecule has 3 aromatic rings. The molecule has 1 aliphatic heterocycles. The Morgan fingerprint density at radius 2 is 2.07 bits per heavy atom. The molecule has 1 amide bonds. The third kappa shape index (κ3) is 3.16. The molecule has 6 nitrogen and oxygen atoms in total. The molecule has 140 valence electrons. The van der Waals surface area contributed by atoms with Crippen molar-refractivity contribution in [1.82, 2.24) is 15.0 Å². The molecule has 0 spiro atoms. The number of likely N-dealkylation sites (tertiary alicyclic amines) is 1. The summed E-state index contributed by atoms with van der Waals surface area (Å²) >= 11 is 0. The summed E-state index contributed by atoms with van der Waals surface area (Å²) in [5, 5.41) is 4.70. The molecule has 2 aromatic heterocycles. The van der Waals surface area contributed by atoms with Crippen LogP contribution in [0.2, 0.25) is 0 Å². The number of aromatic nitrogens is 2. The van der Waals surface area contributed by atoms with Gasteiger partial charge in [-0.1, -0.05) is 17.3 Å². The lowest BCUT2D eigenvalue weighted by atomic mass is 10.0. The summed E-state index contributed by atoms with van der Waals surface area (Å²) in [6, 6.07) is 9.95. The second-order valence-electron chi connectivity index (χ2n) is 6.92. The molecule has 0 saturated carbocycles. The van der Waals surface area contributed by atoms with Gasteiger partial charge in [0.2, 0.25) is 0 Å². The fourth-order valence-electron chi connectivity index (χ4n) is 3.85. The smallest absolute Gasteiger partial charge is 0.258 e. The van der Waals surface area contributed by atoms with E-state index in [4.69, 9.17) is 9.26 Å². The third-order valence-electron chi connectivity index (χ3n) is 5.07. The molecule has 1 saturated heterocycles. The predicted octanol–water partition coefficient (Wildman–Crippen LogP) is 4.22. The van der Waals surface area contributed by atoms with Gasteiger partial charge in [-0.2, -0.15) is 0 Å². The summed E-state index contributed by atoms with van der Waals surface area (Å²) in [5.74, 6) is 0.858. The first-order chi connectivity index (χ1) is 13.1. The van der Waals surface area contributed by atoms with Crippen molar-refractivity contribution in [1.29, 1.82) is 0 Å². The molecule has 6 heteroatoms. The normalized spacial score (nSPS) is 16.9. The minimum absolute atomic E-state index is 0.00758. The Labute approximate surface area is 158 Å². The molecule has 0 N–H and O–H groups in total. The second-order valence-corrected chi connectivity index (χ2v) is 6.92. The van der Waals surface area contributed by atoms with Gasteiger partial charge in [-0.05, 0) is 57.4 Å². The van der Waals surface area contributed by atoms with Crippen molar-refractivity contribution in [3.8, 4) is 5.75 Å². The number of aryl methyl sites for hydroxylation is 2. The van der Waals surface area contributed by atoms with E-state index in [1.165, 1.54) is 0 Å². The fraction of sp³-hybridized carbons (Fsp3) is 0.381. The monoisotopic (exact) mass is 365 g/mol. The fourth-order valence-corrected chi connectivity index (χ4v) is 3.85. The highest BCUT2D eigenvalue weighted by Gasteiger charge is 2.32. The zero-order valence-electron chi connectivity index (χ0n) is 15.9. The Morgan fingerprint density at radius 3 is 2.81 bits per heavy atom. The number of ether oxygens (including phenoxy) is 1. The first kappa shape index (κ1) is 17.5. The minimum atomic E-state index is 0.00758. The molecule has 0 radical (unpaired) electrons. The standard InChI is InChI=1S/C21H23N3O3/c1-4-26-16-9-7-15(8-10-16)18-6-5-11-24(18)21(25)17-12-13(2)22-20-19(17)14(3)23-27-20/h7-10,12,18H,4-6,11H2,1-3H3. The van der Waals surface area contributed by atoms with Crippen molar-refractivity contribution < 1.29 is 14.1 Å². The molecular weight excluding hydrogens is 342 g/mol. The summed E-state index contributed by atoms with van der Waals surface area (Å²) in [6.45, 7) is 7.05. The molecule has 1 fully saturated rings. The van der Waals surface area contributed by atoms with E-state index < -0.39 is 0 Å². The number of carbonyl (C=O) groups is 1. The molecule has 0 bridgehead atoms. The number of fused-ring (bicyclic) bond motifs is 1. The Balaban J connectivity index is 1.68. The predicted molar refractivity (Wildman–Crippen MR) is 102 cm³/mol. The van der Waals surface area contributed by atoms with E-state index in [1.807, 2.05) is 43.9 Å². The summed E-state index contributed by atoms with van der Waals surface area (Å²) < 4.78 is 10.8. The number of hydrogen-bond donors (Lipinski definition) is 0. The largest absolute Gasteiger partial charge is 0.494 e. The highest BCUT2D eigenvalue weighted by Crippen LogP contribution is 2.35. The number of hydrogen-bond acceptors (Lipinski definition) is 5. The van der Waals surface area contributed by atoms with Crippen molar-refractivity contribution in [2.45, 2.75) is 39.7 Å². The average molecular weight is 365 g/mol. The zero-order valence-corrected chi connectivity index (χ0v) is 15.9. The van der Waals surface area contributed by atoms with Gasteiger partial charge in [-0.3, -0.25) is 4.79 Å². The maximum Gasteiger partial charge on any atom is 0.258 e. The van der Waals surface area contributed by atoms with Crippen LogP contribution in [-0.2, 0) is 0 Å². The van der Waals surface area contributed by atoms with Gasteiger partial charge in [-0.15, -0.1) is 0 Å². The van der Waals surface area contributed by atoms with Gasteiger partial charge in [0.15, 0.2) is 0 Å². The summed E-state index contributed by atoms with van der Waals surface area (Å²) in [6.07, 6.45) is 1.94. The van der Waals surface area contributed by atoms with Gasteiger partial charge in [0.25, 0.3) is 11.6 Å². The van der Waals surface area contributed by atoms with Crippen LogP contribution in [0.4, 0.5) is 0 Å². The summed E-state index contributed by atoms with van der Waals surface area (Å²) in [4.78, 5) is 19.7. The molecule has 1 aromatic carbocycles. The molecular formula is C21H23N3O3. The van der Waals surface area contributed by atoms with Crippen LogP contribution >= 0.6 is 0 Å². The van der Waals surface area contributed by atoms with Crippen LogP contribution in [0.5, 0.6) is 5.75 Å². The molecule has 1 aliphatic rings. The molecule has 27 heavy (non-hydrogen) atoms. The molecule has 1 atom stereocenters. The molecule has 4 rings (SSSR count). The summed E-state index contributed by atoms with van der Waals surface area (Å²) in [5.41, 5.74) is 3.62. The highest BCUT2D eigenvalue weighted by atomic mass is 16.5. The van der Waals surface area contributed by atoms with Gasteiger partial charge in [0.1, 0.15) is 5.75 Å². The van der Waals surface area contributed by atoms with E-state index in [0.717, 1.165) is 36.4 Å². The average Bonchev–Trinajstić information content (AvgIpc) is 3.29. The second kappa shape index (κ2) is 7.02. The summed E-state index contributed by atoms with van der Waals surface area (Å²) in [7, 11) is 0. The molecule has 0 aliphatic carbocycles. The first-order valence-electron chi connectivity index (χ1n) is 9.36. The lowest BCUT2D eigenvalue weighted by molar-refractivity contribution is 0.0737. The molecule has 3 heterocycles. The van der Waals surface area contributed by atoms with Crippen LogP contribution < -0.4 is 4.74 Å². The Bertz CT molecular complexity index is 978. The Kier molecular flexibility index (Phi) is 4.56. The van der Waals surface area contributed by atoms with Crippen molar-refractivity contribution in [3.63, 3.8) is 0 Å². The number of carbonyl (C=O) groups excluding carboxylic acids is 1. The number of nitrogens with zero attached hydrogens (tertiary/aromatic N) is 3. The van der Waals surface area contributed by atoms with E-state index in [0.29, 0.717) is 29.0 Å². The highest BCUT2D eigenvalue weighted by molar-refractivity contribution is 6.06. The lowest BCUT2D eigenvalue weighted by Crippen LogP contribution is -2.30. The van der Waals surface area contributed by atoms with Crippen molar-refractivity contribution in [2.75, 3.05) is 13.2 Å². The van der Waals surface area contributed by atoms with Gasteiger partial charge >= 0.3 is 0 Å². The van der Waals surface area contributed by atoms with E-state index in [-0.39, 0.29) is 11.9 Å². The number of amides is 1. The van der Waals surface area contributed by atoms with Gasteiger partial charge in [0.05, 0.1) is 29.3 Å². The quantitative estimate of drug-likeness (QED) is 0.692. The molecule has 1 unspecified atom stereocenters. The van der Waals surface area contributed by atoms with Crippen molar-refractivity contribution >= 4 is 17.0 Å². The minimum Gasteiger partial charge on any atom is -0.494 e. The number of pyridine rings is 1. The topological polar surface area (TPSA) is 68.5 Å². The first-order valence-corrected chi connectivity index (χ1v) is 9.36. The van der Waals surface area contributed by atoms with E-state index in [9.17, 15) is 4.79 Å². The van der Waals surface area contributed by atoms with Gasteiger partial charge in [-0.25, -0.2) is 4.98 Å². The van der Waals surface area contributed by atoms with Crippen LogP contribution in [0, 0.1) is 13.8 Å². The maximum absolute atomic E-state index is 13.4. The third-order valence-corrected chi connectivity index (χ3v) is 5.07.